The van der Waals surface area contributed by atoms with Crippen LogP contribution in [0.4, 0.5) is 4.79 Å². The topological polar surface area (TPSA) is 156 Å². The SMILES string of the molecule is CC[C@H](C)[C@@H](C(=O)N[C@@H](Cc1ccccc1)[C@H](O)CN(CC(C)C)S(=O)(=O)c1ccc(/C=N/O)cc1)N1CCN(Cc2cnccc2C)C1=O. The Hall–Kier alpha value is -4.33. The zero-order valence-electron chi connectivity index (χ0n) is 29.5. The fourth-order valence-electron chi connectivity index (χ4n) is 6.18. The highest BCUT2D eigenvalue weighted by molar-refractivity contribution is 7.89. The van der Waals surface area contributed by atoms with Gasteiger partial charge >= 0.3 is 6.03 Å². The van der Waals surface area contributed by atoms with E-state index in [4.69, 9.17) is 5.21 Å². The number of carbonyl (C=O) groups excluding carboxylic acids is 2. The van der Waals surface area contributed by atoms with Gasteiger partial charge in [0.2, 0.25) is 15.9 Å². The third kappa shape index (κ3) is 9.67. The Labute approximate surface area is 295 Å². The average molecular weight is 707 g/mol. The van der Waals surface area contributed by atoms with Gasteiger partial charge in [0.15, 0.2) is 0 Å². The molecule has 0 saturated carbocycles. The summed E-state index contributed by atoms with van der Waals surface area (Å²) in [7, 11) is -4.06. The fourth-order valence-corrected chi connectivity index (χ4v) is 7.80. The monoisotopic (exact) mass is 706 g/mol. The predicted octanol–water partition coefficient (Wildman–Crippen LogP) is 4.29. The standard InChI is InChI=1S/C37H50N6O6S/c1-6-27(4)35(43-19-18-41(37(43)46)24-31-22-38-17-16-28(31)5)36(45)40-33(20-29-10-8-7-9-11-29)34(44)25-42(23-26(2)3)50(48,49)32-14-12-30(13-15-32)21-39-47/h7-17,21-22,26-27,33-35,44,47H,6,18-20,23-25H2,1-5H3,(H,40,45)/b39-21+/t27-,33-,34+,35-/m0/s1. The van der Waals surface area contributed by atoms with Crippen LogP contribution in [0.3, 0.4) is 0 Å². The van der Waals surface area contributed by atoms with Gasteiger partial charge in [-0.05, 0) is 65.6 Å². The maximum Gasteiger partial charge on any atom is 0.321 e. The van der Waals surface area contributed by atoms with Crippen molar-refractivity contribution in [2.75, 3.05) is 26.2 Å². The number of aryl methyl sites for hydroxylation is 1. The van der Waals surface area contributed by atoms with Crippen molar-refractivity contribution in [2.45, 2.75) is 77.1 Å². The number of sulfonamides is 1. The summed E-state index contributed by atoms with van der Waals surface area (Å²) in [4.78, 5) is 35.6. The minimum Gasteiger partial charge on any atom is -0.411 e. The van der Waals surface area contributed by atoms with Crippen LogP contribution in [0.25, 0.3) is 0 Å². The second kappa shape index (κ2) is 17.6. The average Bonchev–Trinajstić information content (AvgIpc) is 3.44. The molecule has 1 aromatic heterocycles. The smallest absolute Gasteiger partial charge is 0.321 e. The molecule has 1 saturated heterocycles. The van der Waals surface area contributed by atoms with E-state index in [1.165, 1.54) is 34.8 Å². The van der Waals surface area contributed by atoms with Gasteiger partial charge in [0, 0.05) is 45.1 Å². The highest BCUT2D eigenvalue weighted by Crippen LogP contribution is 2.24. The van der Waals surface area contributed by atoms with Gasteiger partial charge in [-0.2, -0.15) is 4.31 Å². The molecule has 13 heteroatoms. The summed E-state index contributed by atoms with van der Waals surface area (Å²) < 4.78 is 29.0. The van der Waals surface area contributed by atoms with Crippen molar-refractivity contribution in [2.24, 2.45) is 17.0 Å². The van der Waals surface area contributed by atoms with Gasteiger partial charge in [-0.25, -0.2) is 13.2 Å². The number of urea groups is 1. The van der Waals surface area contributed by atoms with Crippen LogP contribution < -0.4 is 5.32 Å². The van der Waals surface area contributed by atoms with Crippen molar-refractivity contribution < 1.29 is 28.3 Å². The Balaban J connectivity index is 1.59. The molecule has 4 rings (SSSR count). The van der Waals surface area contributed by atoms with Gasteiger partial charge in [0.1, 0.15) is 6.04 Å². The summed E-state index contributed by atoms with van der Waals surface area (Å²) in [5, 5.41) is 26.7. The van der Waals surface area contributed by atoms with E-state index in [0.717, 1.165) is 16.7 Å². The first-order valence-electron chi connectivity index (χ1n) is 17.1. The molecule has 0 spiro atoms. The summed E-state index contributed by atoms with van der Waals surface area (Å²) in [6.45, 7) is 10.7. The number of benzene rings is 2. The zero-order chi connectivity index (χ0) is 36.4. The molecule has 3 N–H and O–H groups in total. The van der Waals surface area contributed by atoms with E-state index < -0.39 is 34.1 Å². The molecule has 270 valence electrons. The number of hydrogen-bond acceptors (Lipinski definition) is 8. The van der Waals surface area contributed by atoms with E-state index in [0.29, 0.717) is 31.6 Å². The van der Waals surface area contributed by atoms with Gasteiger partial charge in [-0.1, -0.05) is 81.7 Å². The number of oxime groups is 1. The number of carbonyl (C=O) groups is 2. The third-order valence-electron chi connectivity index (χ3n) is 9.20. The number of aliphatic hydroxyl groups is 1. The minimum absolute atomic E-state index is 0.0273. The maximum absolute atomic E-state index is 14.3. The molecule has 2 heterocycles. The first-order chi connectivity index (χ1) is 23.8. The number of rotatable bonds is 17. The van der Waals surface area contributed by atoms with Gasteiger partial charge in [-0.3, -0.25) is 9.78 Å². The second-order valence-corrected chi connectivity index (χ2v) is 15.4. The molecular weight excluding hydrogens is 657 g/mol. The number of aromatic nitrogens is 1. The van der Waals surface area contributed by atoms with Crippen LogP contribution in [0.1, 0.15) is 56.4 Å². The quantitative estimate of drug-likeness (QED) is 0.108. The lowest BCUT2D eigenvalue weighted by Crippen LogP contribution is -2.57. The molecule has 3 amide bonds. The highest BCUT2D eigenvalue weighted by atomic mass is 32.2. The lowest BCUT2D eigenvalue weighted by Gasteiger charge is -2.35. The molecule has 1 aliphatic heterocycles. The highest BCUT2D eigenvalue weighted by Gasteiger charge is 2.41. The van der Waals surface area contributed by atoms with Crippen molar-refractivity contribution in [1.29, 1.82) is 0 Å². The largest absolute Gasteiger partial charge is 0.411 e. The molecule has 0 aliphatic carbocycles. The molecule has 3 aromatic rings. The summed E-state index contributed by atoms with van der Waals surface area (Å²) in [6, 6.07) is 15.3. The first-order valence-corrected chi connectivity index (χ1v) is 18.5. The number of pyridine rings is 1. The van der Waals surface area contributed by atoms with Crippen LogP contribution in [0.2, 0.25) is 0 Å². The first kappa shape index (κ1) is 38.5. The van der Waals surface area contributed by atoms with Crippen molar-refractivity contribution in [1.82, 2.24) is 24.4 Å². The molecule has 1 aliphatic rings. The number of nitrogens with one attached hydrogen (secondary N) is 1. The van der Waals surface area contributed by atoms with E-state index in [1.54, 1.807) is 22.2 Å². The van der Waals surface area contributed by atoms with E-state index in [9.17, 15) is 23.1 Å². The second-order valence-electron chi connectivity index (χ2n) is 13.4. The molecule has 1 fully saturated rings. The molecule has 2 aromatic carbocycles. The van der Waals surface area contributed by atoms with E-state index in [1.807, 2.05) is 71.0 Å². The third-order valence-corrected chi connectivity index (χ3v) is 11.0. The van der Waals surface area contributed by atoms with Gasteiger partial charge < -0.3 is 25.4 Å². The van der Waals surface area contributed by atoms with Crippen LogP contribution in [-0.2, 0) is 27.8 Å². The Kier molecular flexibility index (Phi) is 13.5. The summed E-state index contributed by atoms with van der Waals surface area (Å²) in [5.74, 6) is -0.647. The molecule has 0 unspecified atom stereocenters. The lowest BCUT2D eigenvalue weighted by molar-refractivity contribution is -0.128. The number of aliphatic hydroxyl groups excluding tert-OH is 1. The summed E-state index contributed by atoms with van der Waals surface area (Å²) >= 11 is 0. The van der Waals surface area contributed by atoms with Crippen molar-refractivity contribution >= 4 is 28.2 Å². The van der Waals surface area contributed by atoms with E-state index in [-0.39, 0.29) is 42.3 Å². The Morgan fingerprint density at radius 3 is 2.38 bits per heavy atom. The van der Waals surface area contributed by atoms with Crippen molar-refractivity contribution in [3.05, 3.63) is 95.3 Å². The number of hydrogen-bond donors (Lipinski definition) is 3. The molecule has 0 bridgehead atoms. The normalized spacial score (nSPS) is 16.3. The molecule has 0 radical (unpaired) electrons. The van der Waals surface area contributed by atoms with Crippen LogP contribution in [-0.4, -0.2) is 100 Å². The lowest BCUT2D eigenvalue weighted by atomic mass is 9.95. The van der Waals surface area contributed by atoms with E-state index >= 15 is 0 Å². The van der Waals surface area contributed by atoms with Crippen LogP contribution in [0.15, 0.2) is 83.1 Å². The van der Waals surface area contributed by atoms with Crippen LogP contribution >= 0.6 is 0 Å². The Morgan fingerprint density at radius 2 is 1.76 bits per heavy atom. The zero-order valence-corrected chi connectivity index (χ0v) is 30.3. The van der Waals surface area contributed by atoms with Crippen molar-refractivity contribution in [3.63, 3.8) is 0 Å². The fraction of sp³-hybridized carbons (Fsp3) is 0.459. The predicted molar refractivity (Wildman–Crippen MR) is 192 cm³/mol. The van der Waals surface area contributed by atoms with Gasteiger partial charge in [0.05, 0.1) is 23.3 Å². The maximum atomic E-state index is 14.3. The molecule has 50 heavy (non-hydrogen) atoms. The van der Waals surface area contributed by atoms with Crippen LogP contribution in [0.5, 0.6) is 0 Å². The Morgan fingerprint density at radius 1 is 1.06 bits per heavy atom. The molecule has 4 atom stereocenters. The number of amides is 3. The minimum atomic E-state index is -4.06. The Bertz CT molecular complexity index is 1700. The van der Waals surface area contributed by atoms with E-state index in [2.05, 4.69) is 15.5 Å². The molecule has 12 nitrogen and oxygen atoms in total. The van der Waals surface area contributed by atoms with Gasteiger partial charge in [0.25, 0.3) is 0 Å². The summed E-state index contributed by atoms with van der Waals surface area (Å²) in [6.07, 6.45) is 4.26. The molecular formula is C37H50N6O6S. The summed E-state index contributed by atoms with van der Waals surface area (Å²) in [5.41, 5.74) is 3.35. The van der Waals surface area contributed by atoms with Crippen LogP contribution in [0, 0.1) is 18.8 Å². The number of nitrogens with zero attached hydrogens (tertiary/aromatic N) is 5. The van der Waals surface area contributed by atoms with Crippen molar-refractivity contribution in [3.8, 4) is 0 Å². The van der Waals surface area contributed by atoms with Gasteiger partial charge in [-0.15, -0.1) is 0 Å².